The molecule has 0 spiro atoms. The number of rotatable bonds is 3. The highest BCUT2D eigenvalue weighted by Crippen LogP contribution is 2.67. The molecule has 5 rings (SSSR count). The minimum absolute atomic E-state index is 0.130. The molecule has 174 valence electrons. The molecule has 4 aliphatic carbocycles. The molecule has 0 saturated heterocycles. The molecule has 3 fully saturated rings. The van der Waals surface area contributed by atoms with Crippen molar-refractivity contribution in [3.8, 4) is 6.07 Å². The zero-order valence-corrected chi connectivity index (χ0v) is 20.3. The van der Waals surface area contributed by atoms with Gasteiger partial charge in [-0.2, -0.15) is 5.26 Å². The molecule has 0 unspecified atom stereocenters. The molecule has 0 radical (unpaired) electrons. The predicted octanol–water partition coefficient (Wildman–Crippen LogP) is 6.65. The maximum absolute atomic E-state index is 13.2. The molecule has 3 heteroatoms. The largest absolute Gasteiger partial charge is 0.393 e. The van der Waals surface area contributed by atoms with Gasteiger partial charge in [-0.15, -0.1) is 0 Å². The number of nitrogens with zero attached hydrogens (tertiary/aromatic N) is 1. The van der Waals surface area contributed by atoms with Crippen LogP contribution in [-0.4, -0.2) is 17.0 Å². The number of aliphatic hydroxyl groups excluding tert-OH is 1. The number of ketones is 1. The third kappa shape index (κ3) is 3.45. The Morgan fingerprint density at radius 1 is 1.06 bits per heavy atom. The first-order valence-electron chi connectivity index (χ1n) is 12.9. The van der Waals surface area contributed by atoms with Gasteiger partial charge in [-0.3, -0.25) is 4.79 Å². The number of benzene rings is 1. The third-order valence-electron chi connectivity index (χ3n) is 10.4. The van der Waals surface area contributed by atoms with E-state index in [1.807, 2.05) is 37.3 Å². The van der Waals surface area contributed by atoms with E-state index in [0.717, 1.165) is 37.7 Å². The smallest absolute Gasteiger partial charge is 0.203 e. The van der Waals surface area contributed by atoms with Crippen LogP contribution in [0.2, 0.25) is 0 Å². The standard InChI is InChI=1S/C30H37NO2/c1-19(24(18-31)28(33)20-7-5-4-6-8-20)25-11-12-26-23-10-9-21-17-22(32)13-15-29(21,2)27(23)14-16-30(25,26)3/h4-9,22-23,25-27,32H,10-17H2,1-3H3/b24-19-/t22-,23-,25+,26-,27-,29-,30+/m0/s1. The van der Waals surface area contributed by atoms with Crippen LogP contribution in [0.15, 0.2) is 53.1 Å². The number of carbonyl (C=O) groups excluding carboxylic acids is 1. The summed E-state index contributed by atoms with van der Waals surface area (Å²) < 4.78 is 0. The summed E-state index contributed by atoms with van der Waals surface area (Å²) in [5.41, 5.74) is 3.88. The molecule has 0 aromatic heterocycles. The Hall–Kier alpha value is -2.18. The Kier molecular flexibility index (Phi) is 5.65. The number of carbonyl (C=O) groups is 1. The van der Waals surface area contributed by atoms with Gasteiger partial charge in [-0.05, 0) is 98.4 Å². The Labute approximate surface area is 198 Å². The van der Waals surface area contributed by atoms with Crippen LogP contribution in [0.5, 0.6) is 0 Å². The topological polar surface area (TPSA) is 61.1 Å². The van der Waals surface area contributed by atoms with Crippen molar-refractivity contribution in [1.82, 2.24) is 0 Å². The van der Waals surface area contributed by atoms with Crippen molar-refractivity contribution in [3.05, 3.63) is 58.7 Å². The normalized spacial score (nSPS) is 40.5. The molecule has 1 aromatic rings. The van der Waals surface area contributed by atoms with Crippen LogP contribution in [0.1, 0.15) is 82.5 Å². The first-order valence-corrected chi connectivity index (χ1v) is 12.9. The highest BCUT2D eigenvalue weighted by Gasteiger charge is 2.59. The van der Waals surface area contributed by atoms with Crippen LogP contribution in [-0.2, 0) is 0 Å². The minimum Gasteiger partial charge on any atom is -0.393 e. The van der Waals surface area contributed by atoms with E-state index in [9.17, 15) is 15.2 Å². The molecule has 33 heavy (non-hydrogen) atoms. The summed E-state index contributed by atoms with van der Waals surface area (Å²) in [4.78, 5) is 13.2. The second-order valence-electron chi connectivity index (χ2n) is 11.7. The zero-order chi connectivity index (χ0) is 23.4. The van der Waals surface area contributed by atoms with Gasteiger partial charge < -0.3 is 5.11 Å². The van der Waals surface area contributed by atoms with Gasteiger partial charge in [0.2, 0.25) is 5.78 Å². The van der Waals surface area contributed by atoms with Crippen molar-refractivity contribution in [3.63, 3.8) is 0 Å². The fourth-order valence-electron chi connectivity index (χ4n) is 8.58. The summed E-state index contributed by atoms with van der Waals surface area (Å²) >= 11 is 0. The minimum atomic E-state index is -0.162. The number of aliphatic hydroxyl groups is 1. The van der Waals surface area contributed by atoms with Gasteiger partial charge in [0.1, 0.15) is 6.07 Å². The molecule has 3 saturated carbocycles. The van der Waals surface area contributed by atoms with Crippen molar-refractivity contribution in [1.29, 1.82) is 5.26 Å². The summed E-state index contributed by atoms with van der Waals surface area (Å²) in [6.07, 6.45) is 11.0. The fraction of sp³-hybridized carbons (Fsp3) is 0.600. The lowest BCUT2D eigenvalue weighted by molar-refractivity contribution is -0.0454. The van der Waals surface area contributed by atoms with Crippen LogP contribution in [0, 0.1) is 45.8 Å². The molecule has 0 bridgehead atoms. The highest BCUT2D eigenvalue weighted by atomic mass is 16.3. The molecular weight excluding hydrogens is 406 g/mol. The van der Waals surface area contributed by atoms with E-state index in [1.54, 1.807) is 0 Å². The molecule has 0 aliphatic heterocycles. The maximum atomic E-state index is 13.2. The van der Waals surface area contributed by atoms with Crippen LogP contribution in [0.25, 0.3) is 0 Å². The van der Waals surface area contributed by atoms with Crippen LogP contribution >= 0.6 is 0 Å². The lowest BCUT2D eigenvalue weighted by Gasteiger charge is -2.58. The average Bonchev–Trinajstić information content (AvgIpc) is 3.17. The quantitative estimate of drug-likeness (QED) is 0.246. The SMILES string of the molecule is C/C(=C(\C#N)C(=O)c1ccccc1)[C@H]1CC[C@H]2[C@@H]3CC=C4C[C@@H](O)CC[C@]4(C)[C@H]3CC[C@]12C. The average molecular weight is 444 g/mol. The van der Waals surface area contributed by atoms with Crippen LogP contribution < -0.4 is 0 Å². The number of hydrogen-bond donors (Lipinski definition) is 1. The number of fused-ring (bicyclic) bond motifs is 5. The molecule has 0 heterocycles. The van der Waals surface area contributed by atoms with Gasteiger partial charge in [0.15, 0.2) is 0 Å². The summed E-state index contributed by atoms with van der Waals surface area (Å²) in [6.45, 7) is 6.96. The summed E-state index contributed by atoms with van der Waals surface area (Å²) in [7, 11) is 0. The van der Waals surface area contributed by atoms with Crippen molar-refractivity contribution in [2.75, 3.05) is 0 Å². The van der Waals surface area contributed by atoms with Gasteiger partial charge in [-0.1, -0.05) is 55.8 Å². The summed E-state index contributed by atoms with van der Waals surface area (Å²) in [5, 5.41) is 20.2. The molecule has 0 amide bonds. The van der Waals surface area contributed by atoms with Crippen LogP contribution in [0.4, 0.5) is 0 Å². The number of Topliss-reactive ketones (excluding diaryl/α,β-unsaturated/α-hetero) is 1. The fourth-order valence-corrected chi connectivity index (χ4v) is 8.58. The van der Waals surface area contributed by atoms with Crippen molar-refractivity contribution >= 4 is 5.78 Å². The Bertz CT molecular complexity index is 1050. The number of allylic oxidation sites excluding steroid dienone is 3. The van der Waals surface area contributed by atoms with E-state index in [-0.39, 0.29) is 22.7 Å². The second-order valence-corrected chi connectivity index (χ2v) is 11.7. The van der Waals surface area contributed by atoms with Gasteiger partial charge in [-0.25, -0.2) is 0 Å². The van der Waals surface area contributed by atoms with E-state index in [2.05, 4.69) is 26.0 Å². The molecule has 3 nitrogen and oxygen atoms in total. The van der Waals surface area contributed by atoms with E-state index in [0.29, 0.717) is 34.8 Å². The predicted molar refractivity (Wildman–Crippen MR) is 130 cm³/mol. The van der Waals surface area contributed by atoms with Gasteiger partial charge in [0.25, 0.3) is 0 Å². The van der Waals surface area contributed by atoms with E-state index in [4.69, 9.17) is 0 Å². The molecule has 4 aliphatic rings. The van der Waals surface area contributed by atoms with E-state index < -0.39 is 0 Å². The summed E-state index contributed by atoms with van der Waals surface area (Å²) in [6, 6.07) is 11.5. The van der Waals surface area contributed by atoms with Crippen molar-refractivity contribution in [2.45, 2.75) is 78.2 Å². The van der Waals surface area contributed by atoms with Crippen molar-refractivity contribution in [2.24, 2.45) is 34.5 Å². The lowest BCUT2D eigenvalue weighted by Crippen LogP contribution is -2.50. The first-order chi connectivity index (χ1) is 15.8. The molecule has 1 aromatic carbocycles. The maximum Gasteiger partial charge on any atom is 0.203 e. The van der Waals surface area contributed by atoms with Gasteiger partial charge in [0, 0.05) is 5.56 Å². The molecular formula is C30H37NO2. The molecule has 7 atom stereocenters. The van der Waals surface area contributed by atoms with E-state index >= 15 is 0 Å². The lowest BCUT2D eigenvalue weighted by atomic mass is 9.47. The summed E-state index contributed by atoms with van der Waals surface area (Å²) in [5.74, 6) is 2.20. The first kappa shape index (κ1) is 22.6. The highest BCUT2D eigenvalue weighted by molar-refractivity contribution is 6.11. The van der Waals surface area contributed by atoms with Crippen molar-refractivity contribution < 1.29 is 9.90 Å². The number of nitriles is 1. The Morgan fingerprint density at radius 3 is 2.55 bits per heavy atom. The van der Waals surface area contributed by atoms with E-state index in [1.165, 1.54) is 24.8 Å². The van der Waals surface area contributed by atoms with Crippen LogP contribution in [0.3, 0.4) is 0 Å². The Morgan fingerprint density at radius 2 is 1.82 bits per heavy atom. The third-order valence-corrected chi connectivity index (χ3v) is 10.4. The molecule has 1 N–H and O–H groups in total. The second kappa shape index (κ2) is 8.24. The monoisotopic (exact) mass is 443 g/mol. The Balaban J connectivity index is 1.45. The zero-order valence-electron chi connectivity index (χ0n) is 20.3. The van der Waals surface area contributed by atoms with Gasteiger partial charge in [0.05, 0.1) is 11.7 Å². The number of hydrogen-bond acceptors (Lipinski definition) is 3. The van der Waals surface area contributed by atoms with Gasteiger partial charge >= 0.3 is 0 Å².